The predicted molar refractivity (Wildman–Crippen MR) is 75.5 cm³/mol. The SMILES string of the molecule is CC[C@@H]1C[C@@H]1C(=O)NS(=O)(=O)c1cccc2cc[nH]c12. The molecule has 0 aliphatic heterocycles. The zero-order valence-electron chi connectivity index (χ0n) is 11.1. The number of hydrogen-bond acceptors (Lipinski definition) is 3. The molecule has 1 fully saturated rings. The molecule has 1 aliphatic carbocycles. The molecule has 0 unspecified atom stereocenters. The lowest BCUT2D eigenvalue weighted by molar-refractivity contribution is -0.120. The molecule has 20 heavy (non-hydrogen) atoms. The molecule has 6 heteroatoms. The van der Waals surface area contributed by atoms with E-state index in [2.05, 4.69) is 9.71 Å². The summed E-state index contributed by atoms with van der Waals surface area (Å²) in [6.07, 6.45) is 3.37. The normalized spacial score (nSPS) is 21.9. The van der Waals surface area contributed by atoms with Gasteiger partial charge in [-0.3, -0.25) is 4.79 Å². The van der Waals surface area contributed by atoms with Crippen molar-refractivity contribution in [3.05, 3.63) is 30.5 Å². The summed E-state index contributed by atoms with van der Waals surface area (Å²) < 4.78 is 26.9. The minimum absolute atomic E-state index is 0.113. The van der Waals surface area contributed by atoms with E-state index in [4.69, 9.17) is 0 Å². The lowest BCUT2D eigenvalue weighted by Gasteiger charge is -2.07. The smallest absolute Gasteiger partial charge is 0.266 e. The second-order valence-electron chi connectivity index (χ2n) is 5.18. The highest BCUT2D eigenvalue weighted by Gasteiger charge is 2.42. The van der Waals surface area contributed by atoms with Gasteiger partial charge in [0.05, 0.1) is 5.52 Å². The molecule has 2 atom stereocenters. The van der Waals surface area contributed by atoms with Crippen LogP contribution in [0.3, 0.4) is 0 Å². The van der Waals surface area contributed by atoms with Gasteiger partial charge < -0.3 is 4.98 Å². The van der Waals surface area contributed by atoms with Crippen molar-refractivity contribution in [2.45, 2.75) is 24.7 Å². The summed E-state index contributed by atoms with van der Waals surface area (Å²) in [6, 6.07) is 6.78. The van der Waals surface area contributed by atoms with Crippen molar-refractivity contribution < 1.29 is 13.2 Å². The van der Waals surface area contributed by atoms with Gasteiger partial charge in [-0.15, -0.1) is 0 Å². The van der Waals surface area contributed by atoms with Crippen LogP contribution in [0.2, 0.25) is 0 Å². The molecule has 0 radical (unpaired) electrons. The Labute approximate surface area is 117 Å². The van der Waals surface area contributed by atoms with Crippen LogP contribution < -0.4 is 4.72 Å². The average Bonchev–Trinajstić information content (AvgIpc) is 3.06. The quantitative estimate of drug-likeness (QED) is 0.904. The Bertz CT molecular complexity index is 764. The van der Waals surface area contributed by atoms with Gasteiger partial charge in [0.25, 0.3) is 10.0 Å². The summed E-state index contributed by atoms with van der Waals surface area (Å²) in [5, 5.41) is 0.804. The topological polar surface area (TPSA) is 79.0 Å². The Morgan fingerprint density at radius 2 is 2.20 bits per heavy atom. The first-order chi connectivity index (χ1) is 9.53. The number of aromatic nitrogens is 1. The summed E-state index contributed by atoms with van der Waals surface area (Å²) in [4.78, 5) is 15.0. The molecule has 0 spiro atoms. The average molecular weight is 292 g/mol. The van der Waals surface area contributed by atoms with Gasteiger partial charge >= 0.3 is 0 Å². The molecule has 0 saturated heterocycles. The molecule has 1 heterocycles. The zero-order valence-corrected chi connectivity index (χ0v) is 11.9. The number of benzene rings is 1. The van der Waals surface area contributed by atoms with Crippen LogP contribution in [-0.4, -0.2) is 19.3 Å². The highest BCUT2D eigenvalue weighted by Crippen LogP contribution is 2.41. The Kier molecular flexibility index (Phi) is 3.05. The fourth-order valence-corrected chi connectivity index (χ4v) is 3.79. The molecule has 1 aromatic heterocycles. The van der Waals surface area contributed by atoms with E-state index in [1.165, 1.54) is 6.07 Å². The van der Waals surface area contributed by atoms with Crippen LogP contribution in [0.15, 0.2) is 35.4 Å². The number of hydrogen-bond donors (Lipinski definition) is 2. The minimum atomic E-state index is -3.82. The molecule has 5 nitrogen and oxygen atoms in total. The van der Waals surface area contributed by atoms with Crippen LogP contribution in [0.5, 0.6) is 0 Å². The van der Waals surface area contributed by atoms with E-state index in [0.717, 1.165) is 18.2 Å². The van der Waals surface area contributed by atoms with Crippen LogP contribution in [0.4, 0.5) is 0 Å². The second-order valence-corrected chi connectivity index (χ2v) is 6.83. The van der Waals surface area contributed by atoms with E-state index in [-0.39, 0.29) is 16.7 Å². The molecule has 0 bridgehead atoms. The van der Waals surface area contributed by atoms with E-state index >= 15 is 0 Å². The Hall–Kier alpha value is -1.82. The maximum atomic E-state index is 12.3. The molecule has 3 rings (SSSR count). The molecule has 1 aliphatic rings. The number of carbonyl (C=O) groups excluding carboxylic acids is 1. The Morgan fingerprint density at radius 3 is 2.90 bits per heavy atom. The number of sulfonamides is 1. The molecule has 1 aromatic carbocycles. The molecule has 2 N–H and O–H groups in total. The number of amides is 1. The largest absolute Gasteiger partial charge is 0.360 e. The third-order valence-electron chi connectivity index (χ3n) is 3.86. The van der Waals surface area contributed by atoms with Gasteiger partial charge in [-0.1, -0.05) is 25.5 Å². The van der Waals surface area contributed by atoms with Crippen LogP contribution in [0.1, 0.15) is 19.8 Å². The minimum Gasteiger partial charge on any atom is -0.360 e. The first-order valence-electron chi connectivity index (χ1n) is 6.65. The maximum absolute atomic E-state index is 12.3. The molecular weight excluding hydrogens is 276 g/mol. The van der Waals surface area contributed by atoms with Crippen LogP contribution in [0.25, 0.3) is 10.9 Å². The van der Waals surface area contributed by atoms with Crippen molar-refractivity contribution in [2.75, 3.05) is 0 Å². The van der Waals surface area contributed by atoms with Crippen LogP contribution in [-0.2, 0) is 14.8 Å². The fraction of sp³-hybridized carbons (Fsp3) is 0.357. The van der Waals surface area contributed by atoms with Gasteiger partial charge in [0.1, 0.15) is 4.90 Å². The highest BCUT2D eigenvalue weighted by atomic mass is 32.2. The molecule has 106 valence electrons. The Morgan fingerprint density at radius 1 is 1.40 bits per heavy atom. The summed E-state index contributed by atoms with van der Waals surface area (Å²) in [6.45, 7) is 2.01. The summed E-state index contributed by atoms with van der Waals surface area (Å²) in [5.74, 6) is -0.218. The first-order valence-corrected chi connectivity index (χ1v) is 8.14. The van der Waals surface area contributed by atoms with Crippen LogP contribution in [0, 0.1) is 11.8 Å². The third kappa shape index (κ3) is 2.20. The van der Waals surface area contributed by atoms with E-state index in [1.54, 1.807) is 18.3 Å². The van der Waals surface area contributed by atoms with Crippen molar-refractivity contribution in [3.8, 4) is 0 Å². The van der Waals surface area contributed by atoms with Crippen molar-refractivity contribution in [1.82, 2.24) is 9.71 Å². The predicted octanol–water partition coefficient (Wildman–Crippen LogP) is 2.02. The van der Waals surface area contributed by atoms with Gasteiger partial charge in [-0.2, -0.15) is 0 Å². The maximum Gasteiger partial charge on any atom is 0.266 e. The van der Waals surface area contributed by atoms with E-state index in [0.29, 0.717) is 11.4 Å². The Balaban J connectivity index is 1.89. The number of nitrogens with one attached hydrogen (secondary N) is 2. The first kappa shape index (κ1) is 13.2. The van der Waals surface area contributed by atoms with Gasteiger partial charge in [0.15, 0.2) is 0 Å². The zero-order chi connectivity index (χ0) is 14.3. The van der Waals surface area contributed by atoms with Crippen molar-refractivity contribution >= 4 is 26.8 Å². The van der Waals surface area contributed by atoms with Crippen molar-refractivity contribution in [3.63, 3.8) is 0 Å². The number of fused-ring (bicyclic) bond motifs is 1. The summed E-state index contributed by atoms with van der Waals surface area (Å²) in [5.41, 5.74) is 0.524. The monoisotopic (exact) mass is 292 g/mol. The van der Waals surface area contributed by atoms with E-state index < -0.39 is 10.0 Å². The molecular formula is C14H16N2O3S. The van der Waals surface area contributed by atoms with E-state index in [9.17, 15) is 13.2 Å². The lowest BCUT2D eigenvalue weighted by atomic mass is 10.2. The van der Waals surface area contributed by atoms with Gasteiger partial charge in [0.2, 0.25) is 5.91 Å². The number of H-pyrrole nitrogens is 1. The summed E-state index contributed by atoms with van der Waals surface area (Å²) in [7, 11) is -3.82. The van der Waals surface area contributed by atoms with Gasteiger partial charge in [0, 0.05) is 17.5 Å². The standard InChI is InChI=1S/C14H16N2O3S/c1-2-9-8-11(9)14(17)16-20(18,19)12-5-3-4-10-6-7-15-13(10)12/h3-7,9,11,15H,2,8H2,1H3,(H,16,17)/t9-,11+/m1/s1. The van der Waals surface area contributed by atoms with E-state index in [1.807, 2.05) is 13.0 Å². The number of rotatable bonds is 4. The summed E-state index contributed by atoms with van der Waals surface area (Å²) >= 11 is 0. The highest BCUT2D eigenvalue weighted by molar-refractivity contribution is 7.90. The number of para-hydroxylation sites is 1. The van der Waals surface area contributed by atoms with Gasteiger partial charge in [-0.05, 0) is 24.5 Å². The van der Waals surface area contributed by atoms with Gasteiger partial charge in [-0.25, -0.2) is 13.1 Å². The molecule has 1 saturated carbocycles. The second kappa shape index (κ2) is 4.63. The lowest BCUT2D eigenvalue weighted by Crippen LogP contribution is -2.32. The van der Waals surface area contributed by atoms with Crippen LogP contribution >= 0.6 is 0 Å². The third-order valence-corrected chi connectivity index (χ3v) is 5.25. The van der Waals surface area contributed by atoms with Crippen molar-refractivity contribution in [2.24, 2.45) is 11.8 Å². The van der Waals surface area contributed by atoms with Crippen molar-refractivity contribution in [1.29, 1.82) is 0 Å². The number of aromatic amines is 1. The number of carbonyl (C=O) groups is 1. The molecule has 2 aromatic rings. The molecule has 1 amide bonds. The fourth-order valence-electron chi connectivity index (χ4n) is 2.56.